The maximum Gasteiger partial charge on any atom is 0.335 e. The normalized spacial score (nSPS) is 18.2. The molecule has 0 bridgehead atoms. The van der Waals surface area contributed by atoms with E-state index >= 15 is 0 Å². The average Bonchev–Trinajstić information content (AvgIpc) is 3.20. The standard InChI is InChI=1S/C18H18O5/c1-11(17(19)20)15(13-7-3-4-8-13)23-16(12(2)18(21)22)14-9-5-6-10-14/h3-7,9H,8,10H2,1-2H3,(H,19,20)(H,21,22). The largest absolute Gasteiger partial charge is 0.478 e. The molecule has 120 valence electrons. The zero-order valence-electron chi connectivity index (χ0n) is 13.0. The molecule has 0 aromatic heterocycles. The van der Waals surface area contributed by atoms with E-state index in [4.69, 9.17) is 4.74 Å². The van der Waals surface area contributed by atoms with Gasteiger partial charge in [-0.3, -0.25) is 0 Å². The molecule has 0 saturated heterocycles. The second-order valence-electron chi connectivity index (χ2n) is 5.27. The van der Waals surface area contributed by atoms with Gasteiger partial charge >= 0.3 is 11.9 Å². The van der Waals surface area contributed by atoms with Crippen molar-refractivity contribution in [1.82, 2.24) is 0 Å². The molecule has 2 rings (SSSR count). The number of hydrogen-bond donors (Lipinski definition) is 2. The van der Waals surface area contributed by atoms with Crippen LogP contribution >= 0.6 is 0 Å². The van der Waals surface area contributed by atoms with E-state index in [1.165, 1.54) is 13.8 Å². The third-order valence-electron chi connectivity index (χ3n) is 3.65. The molecule has 0 heterocycles. The molecular weight excluding hydrogens is 296 g/mol. The first kappa shape index (κ1) is 16.5. The lowest BCUT2D eigenvalue weighted by molar-refractivity contribution is -0.133. The Morgan fingerprint density at radius 1 is 0.870 bits per heavy atom. The predicted octanol–water partition coefficient (Wildman–Crippen LogP) is 3.49. The molecule has 0 atom stereocenters. The van der Waals surface area contributed by atoms with Gasteiger partial charge in [-0.1, -0.05) is 36.5 Å². The quantitative estimate of drug-likeness (QED) is 0.579. The molecule has 0 aromatic rings. The third-order valence-corrected chi connectivity index (χ3v) is 3.65. The lowest BCUT2D eigenvalue weighted by Crippen LogP contribution is -2.10. The van der Waals surface area contributed by atoms with Crippen molar-refractivity contribution in [3.05, 3.63) is 70.3 Å². The van der Waals surface area contributed by atoms with E-state index in [1.807, 2.05) is 24.3 Å². The molecule has 23 heavy (non-hydrogen) atoms. The van der Waals surface area contributed by atoms with Gasteiger partial charge in [-0.2, -0.15) is 0 Å². The summed E-state index contributed by atoms with van der Waals surface area (Å²) in [6.07, 6.45) is 12.1. The highest BCUT2D eigenvalue weighted by Gasteiger charge is 2.23. The Hall–Kier alpha value is -2.82. The van der Waals surface area contributed by atoms with Crippen molar-refractivity contribution in [1.29, 1.82) is 0 Å². The summed E-state index contributed by atoms with van der Waals surface area (Å²) in [5.41, 5.74) is 1.52. The van der Waals surface area contributed by atoms with Crippen LogP contribution in [0.4, 0.5) is 0 Å². The number of carboxylic acids is 2. The van der Waals surface area contributed by atoms with Gasteiger partial charge in [0.2, 0.25) is 0 Å². The summed E-state index contributed by atoms with van der Waals surface area (Å²) in [6, 6.07) is 0. The van der Waals surface area contributed by atoms with E-state index in [1.54, 1.807) is 12.2 Å². The number of ether oxygens (including phenoxy) is 1. The highest BCUT2D eigenvalue weighted by atomic mass is 16.5. The third kappa shape index (κ3) is 3.69. The lowest BCUT2D eigenvalue weighted by Gasteiger charge is -2.18. The van der Waals surface area contributed by atoms with Crippen LogP contribution in [0.25, 0.3) is 0 Å². The lowest BCUT2D eigenvalue weighted by atomic mass is 10.1. The van der Waals surface area contributed by atoms with Gasteiger partial charge in [0.15, 0.2) is 0 Å². The molecule has 2 N–H and O–H groups in total. The van der Waals surface area contributed by atoms with Crippen molar-refractivity contribution in [2.75, 3.05) is 0 Å². The van der Waals surface area contributed by atoms with Crippen LogP contribution in [0.1, 0.15) is 26.7 Å². The monoisotopic (exact) mass is 314 g/mol. The first-order chi connectivity index (χ1) is 10.9. The molecule has 0 spiro atoms. The van der Waals surface area contributed by atoms with Gasteiger partial charge in [-0.25, -0.2) is 9.59 Å². The fraction of sp³-hybridized carbons (Fsp3) is 0.222. The first-order valence-corrected chi connectivity index (χ1v) is 7.20. The smallest absolute Gasteiger partial charge is 0.335 e. The zero-order valence-corrected chi connectivity index (χ0v) is 13.0. The summed E-state index contributed by atoms with van der Waals surface area (Å²) in [5.74, 6) is -1.80. The van der Waals surface area contributed by atoms with E-state index in [2.05, 4.69) is 0 Å². The number of aliphatic carboxylic acids is 2. The minimum absolute atomic E-state index is 0.0437. The van der Waals surface area contributed by atoms with Crippen LogP contribution in [-0.2, 0) is 14.3 Å². The van der Waals surface area contributed by atoms with Crippen LogP contribution < -0.4 is 0 Å². The van der Waals surface area contributed by atoms with E-state index in [-0.39, 0.29) is 22.7 Å². The molecule has 5 heteroatoms. The molecular formula is C18H18O5. The molecule has 0 unspecified atom stereocenters. The number of hydrogen-bond acceptors (Lipinski definition) is 3. The fourth-order valence-corrected chi connectivity index (χ4v) is 2.29. The molecule has 0 amide bonds. The van der Waals surface area contributed by atoms with Crippen LogP contribution in [0.15, 0.2) is 70.3 Å². The van der Waals surface area contributed by atoms with Crippen molar-refractivity contribution in [2.24, 2.45) is 0 Å². The van der Waals surface area contributed by atoms with Crippen LogP contribution in [0.5, 0.6) is 0 Å². The van der Waals surface area contributed by atoms with E-state index < -0.39 is 11.9 Å². The first-order valence-electron chi connectivity index (χ1n) is 7.20. The van der Waals surface area contributed by atoms with E-state index in [0.717, 1.165) is 0 Å². The summed E-state index contributed by atoms with van der Waals surface area (Å²) in [7, 11) is 0. The highest BCUT2D eigenvalue weighted by molar-refractivity contribution is 5.89. The summed E-state index contributed by atoms with van der Waals surface area (Å²) < 4.78 is 5.85. The van der Waals surface area contributed by atoms with Crippen molar-refractivity contribution >= 4 is 11.9 Å². The van der Waals surface area contributed by atoms with Crippen molar-refractivity contribution in [2.45, 2.75) is 26.7 Å². The average molecular weight is 314 g/mol. The maximum absolute atomic E-state index is 11.4. The van der Waals surface area contributed by atoms with Crippen molar-refractivity contribution in [3.63, 3.8) is 0 Å². The number of carbonyl (C=O) groups is 2. The number of rotatable bonds is 6. The summed E-state index contributed by atoms with van der Waals surface area (Å²) in [6.45, 7) is 2.90. The topological polar surface area (TPSA) is 83.8 Å². The van der Waals surface area contributed by atoms with E-state index in [9.17, 15) is 19.8 Å². The van der Waals surface area contributed by atoms with Crippen molar-refractivity contribution < 1.29 is 24.5 Å². The van der Waals surface area contributed by atoms with Crippen molar-refractivity contribution in [3.8, 4) is 0 Å². The molecule has 0 aromatic carbocycles. The Morgan fingerprint density at radius 2 is 1.26 bits per heavy atom. The summed E-state index contributed by atoms with van der Waals surface area (Å²) >= 11 is 0. The number of allylic oxidation sites excluding steroid dienone is 8. The minimum atomic E-state index is -1.10. The Morgan fingerprint density at radius 3 is 1.52 bits per heavy atom. The minimum Gasteiger partial charge on any atom is -0.478 e. The van der Waals surface area contributed by atoms with Crippen LogP contribution in [0, 0.1) is 0 Å². The van der Waals surface area contributed by atoms with Gasteiger partial charge in [0.25, 0.3) is 0 Å². The molecule has 0 fully saturated rings. The second kappa shape index (κ2) is 6.96. The Labute approximate surface area is 134 Å². The molecule has 0 aliphatic heterocycles. The summed E-state index contributed by atoms with van der Waals surface area (Å²) in [5, 5.41) is 18.6. The second-order valence-corrected chi connectivity index (χ2v) is 5.27. The Kier molecular flexibility index (Phi) is 5.01. The van der Waals surface area contributed by atoms with Crippen LogP contribution in [-0.4, -0.2) is 22.2 Å². The van der Waals surface area contributed by atoms with Gasteiger partial charge in [0.05, 0.1) is 11.1 Å². The van der Waals surface area contributed by atoms with Gasteiger partial charge in [-0.15, -0.1) is 0 Å². The predicted molar refractivity (Wildman–Crippen MR) is 85.4 cm³/mol. The van der Waals surface area contributed by atoms with E-state index in [0.29, 0.717) is 24.0 Å². The molecule has 0 radical (unpaired) electrons. The molecule has 2 aliphatic rings. The van der Waals surface area contributed by atoms with Gasteiger partial charge in [0.1, 0.15) is 11.5 Å². The van der Waals surface area contributed by atoms with Gasteiger partial charge in [-0.05, 0) is 37.8 Å². The van der Waals surface area contributed by atoms with Crippen LogP contribution in [0.2, 0.25) is 0 Å². The Bertz CT molecular complexity index is 665. The zero-order chi connectivity index (χ0) is 17.0. The molecule has 0 saturated carbocycles. The van der Waals surface area contributed by atoms with Crippen LogP contribution in [0.3, 0.4) is 0 Å². The molecule has 2 aliphatic carbocycles. The van der Waals surface area contributed by atoms with Gasteiger partial charge in [0, 0.05) is 0 Å². The fourth-order valence-electron chi connectivity index (χ4n) is 2.29. The Balaban J connectivity index is 2.47. The summed E-state index contributed by atoms with van der Waals surface area (Å²) in [4.78, 5) is 22.7. The molecule has 5 nitrogen and oxygen atoms in total. The number of carboxylic acid groups (broad SMARTS) is 2. The SMILES string of the molecule is CC(C(=O)O)=C(OC(C1=CC=CC1)=C(C)C(=O)O)C1=CC=CC1. The highest BCUT2D eigenvalue weighted by Crippen LogP contribution is 2.32. The van der Waals surface area contributed by atoms with Gasteiger partial charge < -0.3 is 14.9 Å². The maximum atomic E-state index is 11.4.